The van der Waals surface area contributed by atoms with Crippen LogP contribution in [0.15, 0.2) is 60.9 Å². The molecule has 65 heavy (non-hydrogen) atoms. The van der Waals surface area contributed by atoms with Gasteiger partial charge in [0.1, 0.15) is 6.17 Å². The Bertz CT molecular complexity index is 2760. The van der Waals surface area contributed by atoms with Gasteiger partial charge in [-0.05, 0) is 92.2 Å². The van der Waals surface area contributed by atoms with Gasteiger partial charge in [-0.15, -0.1) is 5.10 Å². The van der Waals surface area contributed by atoms with E-state index in [1.54, 1.807) is 29.1 Å². The minimum Gasteiger partial charge on any atom is -0.385 e. The van der Waals surface area contributed by atoms with Crippen LogP contribution < -0.4 is 25.8 Å². The molecule has 3 N–H and O–H groups in total. The number of piperidine rings is 2. The number of likely N-dealkylation sites (tertiary alicyclic amines) is 2. The molecular weight excluding hydrogens is 863 g/mol. The van der Waals surface area contributed by atoms with E-state index in [1.165, 1.54) is 27.7 Å². The monoisotopic (exact) mass is 909 g/mol. The highest BCUT2D eigenvalue weighted by Crippen LogP contribution is 2.51. The number of halogens is 4. The van der Waals surface area contributed by atoms with E-state index in [-0.39, 0.29) is 67.0 Å². The molecule has 5 aliphatic rings. The molecule has 1 aliphatic carbocycles. The number of imide groups is 1. The summed E-state index contributed by atoms with van der Waals surface area (Å²) >= 11 is 6.39. The molecule has 0 unspecified atom stereocenters. The number of aromatic nitrogens is 4. The number of benzene rings is 2. The molecule has 1 saturated carbocycles. The lowest BCUT2D eigenvalue weighted by atomic mass is 9.68. The number of fused-ring (bicyclic) bond motifs is 2. The molecule has 4 aliphatic heterocycles. The van der Waals surface area contributed by atoms with Crippen molar-refractivity contribution < 1.29 is 32.3 Å². The average Bonchev–Trinajstić information content (AvgIpc) is 3.60. The molecule has 2 aromatic carbocycles. The van der Waals surface area contributed by atoms with Crippen LogP contribution in [0.4, 0.5) is 40.8 Å². The number of carbonyl (C=O) groups is 4. The maximum Gasteiger partial charge on any atom is 0.328 e. The lowest BCUT2D eigenvalue weighted by Gasteiger charge is -2.51. The molecule has 338 valence electrons. The largest absolute Gasteiger partial charge is 0.385 e. The van der Waals surface area contributed by atoms with Crippen LogP contribution in [0.5, 0.6) is 0 Å². The third kappa shape index (κ3) is 7.79. The van der Waals surface area contributed by atoms with Gasteiger partial charge < -0.3 is 20.4 Å². The van der Waals surface area contributed by atoms with Crippen LogP contribution in [0.1, 0.15) is 69.6 Å². The Morgan fingerprint density at radius 1 is 0.923 bits per heavy atom. The minimum absolute atomic E-state index is 0.0994. The first kappa shape index (κ1) is 42.7. The molecule has 0 radical (unpaired) electrons. The van der Waals surface area contributed by atoms with Crippen molar-refractivity contribution in [1.82, 2.24) is 40.0 Å². The highest BCUT2D eigenvalue weighted by atomic mass is 35.5. The van der Waals surface area contributed by atoms with Gasteiger partial charge in [0.2, 0.25) is 5.91 Å². The van der Waals surface area contributed by atoms with Gasteiger partial charge in [-0.1, -0.05) is 17.7 Å². The number of imidazole rings is 1. The lowest BCUT2D eigenvalue weighted by Crippen LogP contribution is -2.59. The molecule has 5 amide bonds. The zero-order chi connectivity index (χ0) is 45.4. The first-order valence-electron chi connectivity index (χ1n) is 21.9. The van der Waals surface area contributed by atoms with Crippen LogP contribution in [-0.4, -0.2) is 118 Å². The van der Waals surface area contributed by atoms with Gasteiger partial charge in [-0.25, -0.2) is 27.5 Å². The zero-order valence-corrected chi connectivity index (χ0v) is 36.6. The second-order valence-corrected chi connectivity index (χ2v) is 18.2. The molecule has 19 heteroatoms. The fourth-order valence-corrected chi connectivity index (χ4v) is 10.0. The Labute approximate surface area is 377 Å². The Balaban J connectivity index is 0.794. The van der Waals surface area contributed by atoms with E-state index in [1.807, 2.05) is 25.1 Å². The number of nitrogens with zero attached hydrogens (tertiary/aromatic N) is 8. The number of urea groups is 1. The first-order chi connectivity index (χ1) is 31.2. The van der Waals surface area contributed by atoms with Crippen molar-refractivity contribution in [1.29, 1.82) is 0 Å². The maximum absolute atomic E-state index is 16.3. The van der Waals surface area contributed by atoms with Crippen LogP contribution in [0.2, 0.25) is 5.02 Å². The van der Waals surface area contributed by atoms with Crippen molar-refractivity contribution in [3.8, 4) is 11.3 Å². The quantitative estimate of drug-likeness (QED) is 0.148. The molecule has 7 heterocycles. The zero-order valence-electron chi connectivity index (χ0n) is 35.8. The van der Waals surface area contributed by atoms with Crippen molar-refractivity contribution in [2.75, 3.05) is 61.4 Å². The number of nitrogens with one attached hydrogen (secondary N) is 3. The highest BCUT2D eigenvalue weighted by molar-refractivity contribution is 6.34. The van der Waals surface area contributed by atoms with Gasteiger partial charge in [0.05, 0.1) is 40.9 Å². The summed E-state index contributed by atoms with van der Waals surface area (Å²) in [4.78, 5) is 66.9. The predicted octanol–water partition coefficient (Wildman–Crippen LogP) is 6.54. The second kappa shape index (κ2) is 16.3. The third-order valence-corrected chi connectivity index (χ3v) is 14.0. The molecule has 1 spiro atoms. The summed E-state index contributed by atoms with van der Waals surface area (Å²) in [7, 11) is 1.78. The standard InChI is InChI=1S/C46H47ClF3N11O4/c1-26-17-30(29-7-12-59(36(29)18-26)39-21-35(51-2)41-53-23-38(61(41)56-39)42(63)54-34-20-32(34)48)33-6-3-27(22-52-33)24-57-14-9-45(46(49,50)25-57)10-15-58(16-11-45)43(64)28-4-5-31(47)37(19-28)60-13-8-40(62)55-44(60)65/h3-6,17-19,21-23,32,34,51H,7-16,20,24-25H2,1-2H3,(H,54,63)(H,55,62,65)/t32-,34+/m0/s1. The summed E-state index contributed by atoms with van der Waals surface area (Å²) in [6.07, 6.45) is 3.89. The lowest BCUT2D eigenvalue weighted by molar-refractivity contribution is -0.186. The van der Waals surface area contributed by atoms with Gasteiger partial charge in [0.25, 0.3) is 17.7 Å². The highest BCUT2D eigenvalue weighted by Gasteiger charge is 2.57. The number of aryl methyl sites for hydroxylation is 1. The van der Waals surface area contributed by atoms with E-state index in [0.29, 0.717) is 61.7 Å². The smallest absolute Gasteiger partial charge is 0.328 e. The van der Waals surface area contributed by atoms with Crippen molar-refractivity contribution >= 4 is 63.9 Å². The average molecular weight is 910 g/mol. The summed E-state index contributed by atoms with van der Waals surface area (Å²) in [5.74, 6) is -3.52. The van der Waals surface area contributed by atoms with Crippen LogP contribution in [0.3, 0.4) is 0 Å². The van der Waals surface area contributed by atoms with E-state index in [4.69, 9.17) is 21.7 Å². The molecule has 15 nitrogen and oxygen atoms in total. The van der Waals surface area contributed by atoms with E-state index >= 15 is 8.78 Å². The second-order valence-electron chi connectivity index (χ2n) is 17.8. The number of alkyl halides is 3. The fraction of sp³-hybridized carbons (Fsp3) is 0.413. The first-order valence-corrected chi connectivity index (χ1v) is 22.3. The summed E-state index contributed by atoms with van der Waals surface area (Å²) in [6, 6.07) is 13.5. The van der Waals surface area contributed by atoms with E-state index in [0.717, 1.165) is 33.6 Å². The van der Waals surface area contributed by atoms with Gasteiger partial charge >= 0.3 is 6.03 Å². The number of amides is 5. The SMILES string of the molecule is CNc1cc(N2CCc3c(-c4ccc(CN5CCC6(CCN(C(=O)c7ccc(Cl)c(N8CCC(=O)NC8=O)c7)CC6)C(F)(F)C5)cn4)cc(C)cc32)nn2c(C(=O)N[C@@H]3C[C@@H]3F)cnc12. The minimum atomic E-state index is -2.98. The molecule has 5 aromatic rings. The van der Waals surface area contributed by atoms with Crippen molar-refractivity contribution in [2.45, 2.75) is 70.1 Å². The maximum atomic E-state index is 16.3. The summed E-state index contributed by atoms with van der Waals surface area (Å²) in [5.41, 5.74) is 6.36. The topological polar surface area (TPSA) is 160 Å². The van der Waals surface area contributed by atoms with Crippen LogP contribution in [-0.2, 0) is 17.8 Å². The van der Waals surface area contributed by atoms with Crippen LogP contribution >= 0.6 is 11.6 Å². The van der Waals surface area contributed by atoms with Gasteiger partial charge in [-0.3, -0.25) is 34.5 Å². The normalized spacial score (nSPS) is 21.4. The molecule has 4 fully saturated rings. The van der Waals surface area contributed by atoms with E-state index < -0.39 is 42.0 Å². The molecular formula is C46H47ClF3N11O4. The summed E-state index contributed by atoms with van der Waals surface area (Å²) < 4.78 is 47.6. The number of hydrogen-bond donors (Lipinski definition) is 3. The summed E-state index contributed by atoms with van der Waals surface area (Å²) in [5, 5.41) is 13.2. The van der Waals surface area contributed by atoms with Crippen molar-refractivity contribution in [2.24, 2.45) is 5.41 Å². The molecule has 2 atom stereocenters. The Morgan fingerprint density at radius 3 is 2.40 bits per heavy atom. The fourth-order valence-electron chi connectivity index (χ4n) is 9.83. The molecule has 10 rings (SSSR count). The Kier molecular flexibility index (Phi) is 10.7. The van der Waals surface area contributed by atoms with Crippen LogP contribution in [0.25, 0.3) is 16.9 Å². The van der Waals surface area contributed by atoms with E-state index in [9.17, 15) is 23.6 Å². The molecule has 0 bridgehead atoms. The van der Waals surface area contributed by atoms with Gasteiger partial charge in [0.15, 0.2) is 17.2 Å². The number of hydrogen-bond acceptors (Lipinski definition) is 10. The number of anilines is 4. The summed E-state index contributed by atoms with van der Waals surface area (Å²) in [6.45, 7) is 3.51. The number of pyridine rings is 1. The van der Waals surface area contributed by atoms with Crippen molar-refractivity contribution in [3.63, 3.8) is 0 Å². The number of carbonyl (C=O) groups excluding carboxylic acids is 4. The van der Waals surface area contributed by atoms with E-state index in [2.05, 4.69) is 38.0 Å². The van der Waals surface area contributed by atoms with Crippen molar-refractivity contribution in [3.05, 3.63) is 93.9 Å². The number of rotatable bonds is 9. The molecule has 3 saturated heterocycles. The van der Waals surface area contributed by atoms with Crippen LogP contribution in [0, 0.1) is 12.3 Å². The predicted molar refractivity (Wildman–Crippen MR) is 238 cm³/mol. The molecule has 3 aromatic heterocycles. The van der Waals surface area contributed by atoms with Gasteiger partial charge in [-0.2, -0.15) is 0 Å². The van der Waals surface area contributed by atoms with Gasteiger partial charge in [0, 0.05) is 87.1 Å². The Hall–Kier alpha value is -6.27. The third-order valence-electron chi connectivity index (χ3n) is 13.7. The Morgan fingerprint density at radius 2 is 1.69 bits per heavy atom.